The number of carbonyl (C=O) groups is 1. The Morgan fingerprint density at radius 2 is 1.71 bits per heavy atom. The lowest BCUT2D eigenvalue weighted by atomic mass is 9.73. The Balaban J connectivity index is 1.38. The molecule has 0 saturated carbocycles. The van der Waals surface area contributed by atoms with Gasteiger partial charge in [-0.15, -0.1) is 11.3 Å². The van der Waals surface area contributed by atoms with Crippen molar-refractivity contribution in [2.75, 3.05) is 24.3 Å². The molecule has 0 spiro atoms. The minimum Gasteiger partial charge on any atom is -0.381 e. The maximum absolute atomic E-state index is 13.6. The lowest BCUT2D eigenvalue weighted by Crippen LogP contribution is -2.44. The average molecular weight is 473 g/mol. The molecular formula is C25H24N6O2S. The normalized spacial score (nSPS) is 15.1. The number of aryl methyl sites for hydroxylation is 1. The third-order valence-corrected chi connectivity index (χ3v) is 6.90. The molecule has 0 atom stereocenters. The minimum absolute atomic E-state index is 0.0570. The van der Waals surface area contributed by atoms with Crippen molar-refractivity contribution in [2.45, 2.75) is 25.2 Å². The van der Waals surface area contributed by atoms with Gasteiger partial charge in [-0.1, -0.05) is 24.3 Å². The Morgan fingerprint density at radius 1 is 0.971 bits per heavy atom. The van der Waals surface area contributed by atoms with E-state index >= 15 is 0 Å². The van der Waals surface area contributed by atoms with Crippen molar-refractivity contribution >= 4 is 28.9 Å². The van der Waals surface area contributed by atoms with Crippen LogP contribution in [0.5, 0.6) is 0 Å². The van der Waals surface area contributed by atoms with Gasteiger partial charge in [-0.2, -0.15) is 0 Å². The van der Waals surface area contributed by atoms with E-state index in [4.69, 9.17) is 10.5 Å². The molecule has 34 heavy (non-hydrogen) atoms. The van der Waals surface area contributed by atoms with Crippen molar-refractivity contribution in [3.8, 4) is 22.5 Å². The van der Waals surface area contributed by atoms with Crippen molar-refractivity contribution < 1.29 is 9.53 Å². The fraction of sp³-hybridized carbons (Fsp3) is 0.240. The zero-order valence-electron chi connectivity index (χ0n) is 18.7. The van der Waals surface area contributed by atoms with Crippen LogP contribution in [-0.4, -0.2) is 39.1 Å². The van der Waals surface area contributed by atoms with Gasteiger partial charge in [-0.3, -0.25) is 9.78 Å². The number of ether oxygens (including phenoxy) is 1. The first-order valence-electron chi connectivity index (χ1n) is 11.0. The predicted molar refractivity (Wildman–Crippen MR) is 132 cm³/mol. The molecule has 1 amide bonds. The first kappa shape index (κ1) is 22.1. The molecule has 0 unspecified atom stereocenters. The summed E-state index contributed by atoms with van der Waals surface area (Å²) in [5.74, 6) is 0.181. The van der Waals surface area contributed by atoms with Crippen molar-refractivity contribution in [2.24, 2.45) is 0 Å². The highest BCUT2D eigenvalue weighted by atomic mass is 32.1. The summed E-state index contributed by atoms with van der Waals surface area (Å²) in [6.07, 6.45) is 6.27. The zero-order chi connectivity index (χ0) is 23.5. The number of nitrogens with zero attached hydrogens (tertiary/aromatic N) is 4. The quantitative estimate of drug-likeness (QED) is 0.446. The van der Waals surface area contributed by atoms with E-state index in [9.17, 15) is 4.79 Å². The number of nitrogen functional groups attached to an aromatic ring is 1. The van der Waals surface area contributed by atoms with Crippen LogP contribution in [0.3, 0.4) is 0 Å². The highest BCUT2D eigenvalue weighted by Gasteiger charge is 2.41. The Bertz CT molecular complexity index is 1280. The topological polar surface area (TPSA) is 116 Å². The summed E-state index contributed by atoms with van der Waals surface area (Å²) in [4.78, 5) is 30.7. The van der Waals surface area contributed by atoms with E-state index in [1.54, 1.807) is 29.9 Å². The lowest BCUT2D eigenvalue weighted by molar-refractivity contribution is -0.125. The van der Waals surface area contributed by atoms with Crippen LogP contribution in [0.15, 0.2) is 60.4 Å². The Labute approximate surface area is 201 Å². The highest BCUT2D eigenvalue weighted by Crippen LogP contribution is 2.37. The molecule has 8 nitrogen and oxygen atoms in total. The maximum Gasteiger partial charge on any atom is 0.235 e. The zero-order valence-corrected chi connectivity index (χ0v) is 19.5. The molecule has 0 radical (unpaired) electrons. The van der Waals surface area contributed by atoms with E-state index in [-0.39, 0.29) is 11.9 Å². The Morgan fingerprint density at radius 3 is 2.32 bits per heavy atom. The third kappa shape index (κ3) is 4.40. The monoisotopic (exact) mass is 472 g/mol. The van der Waals surface area contributed by atoms with Gasteiger partial charge >= 0.3 is 0 Å². The molecule has 1 aliphatic rings. The standard InChI is InChI=1S/C25H24N6O2S/c1-16-30-22(15-34-16)21-7-6-20(14-27-21)31-23(32)25(8-10-33-11-9-25)19-4-2-17(3-5-19)18-12-28-24(26)29-13-18/h2-7,12-15H,8-11H2,1H3,(H,31,32)(H2,26,28,29). The van der Waals surface area contributed by atoms with Gasteiger partial charge in [0.25, 0.3) is 0 Å². The van der Waals surface area contributed by atoms with Gasteiger partial charge in [0.05, 0.1) is 33.7 Å². The maximum atomic E-state index is 13.6. The summed E-state index contributed by atoms with van der Waals surface area (Å²) in [6.45, 7) is 3.02. The fourth-order valence-electron chi connectivity index (χ4n) is 4.19. The van der Waals surface area contributed by atoms with E-state index in [1.165, 1.54) is 0 Å². The van der Waals surface area contributed by atoms with Crippen molar-refractivity contribution in [1.82, 2.24) is 19.9 Å². The average Bonchev–Trinajstić information content (AvgIpc) is 3.32. The SMILES string of the molecule is Cc1nc(-c2ccc(NC(=O)C3(c4ccc(-c5cnc(N)nc5)cc4)CCOCC3)cn2)cs1. The van der Waals surface area contributed by atoms with Crippen LogP contribution in [0.2, 0.25) is 0 Å². The summed E-state index contributed by atoms with van der Waals surface area (Å²) >= 11 is 1.58. The molecule has 3 aromatic heterocycles. The number of nitrogens with one attached hydrogen (secondary N) is 1. The first-order chi connectivity index (χ1) is 16.5. The number of hydrogen-bond acceptors (Lipinski definition) is 8. The number of carbonyl (C=O) groups excluding carboxylic acids is 1. The van der Waals surface area contributed by atoms with Crippen LogP contribution in [0, 0.1) is 6.92 Å². The number of aromatic nitrogens is 4. The number of hydrogen-bond donors (Lipinski definition) is 2. The van der Waals surface area contributed by atoms with Crippen molar-refractivity contribution in [3.63, 3.8) is 0 Å². The van der Waals surface area contributed by atoms with Gasteiger partial charge in [-0.25, -0.2) is 15.0 Å². The summed E-state index contributed by atoms with van der Waals surface area (Å²) in [7, 11) is 0. The van der Waals surface area contributed by atoms with E-state index in [0.29, 0.717) is 31.7 Å². The number of thiazole rings is 1. The number of benzene rings is 1. The van der Waals surface area contributed by atoms with Crippen molar-refractivity contribution in [1.29, 1.82) is 0 Å². The van der Waals surface area contributed by atoms with Gasteiger partial charge in [0, 0.05) is 36.6 Å². The predicted octanol–water partition coefficient (Wildman–Crippen LogP) is 4.24. The molecule has 172 valence electrons. The molecule has 5 rings (SSSR count). The van der Waals surface area contributed by atoms with Crippen LogP contribution in [0.4, 0.5) is 11.6 Å². The molecule has 4 heterocycles. The first-order valence-corrected chi connectivity index (χ1v) is 11.9. The molecule has 4 aromatic rings. The van der Waals surface area contributed by atoms with Crippen LogP contribution < -0.4 is 11.1 Å². The van der Waals surface area contributed by atoms with Gasteiger partial charge in [0.2, 0.25) is 11.9 Å². The Kier molecular flexibility index (Phi) is 6.04. The number of anilines is 2. The smallest absolute Gasteiger partial charge is 0.235 e. The molecule has 9 heteroatoms. The molecular weight excluding hydrogens is 448 g/mol. The lowest BCUT2D eigenvalue weighted by Gasteiger charge is -2.36. The summed E-state index contributed by atoms with van der Waals surface area (Å²) in [6, 6.07) is 11.7. The molecule has 1 fully saturated rings. The largest absolute Gasteiger partial charge is 0.381 e. The van der Waals surface area contributed by atoms with Gasteiger partial charge in [0.15, 0.2) is 0 Å². The second kappa shape index (κ2) is 9.28. The van der Waals surface area contributed by atoms with E-state index in [1.807, 2.05) is 48.7 Å². The summed E-state index contributed by atoms with van der Waals surface area (Å²) in [5.41, 5.74) is 9.97. The van der Waals surface area contributed by atoms with Crippen LogP contribution >= 0.6 is 11.3 Å². The molecule has 1 aromatic carbocycles. The van der Waals surface area contributed by atoms with Gasteiger partial charge < -0.3 is 15.8 Å². The molecule has 1 saturated heterocycles. The van der Waals surface area contributed by atoms with Gasteiger partial charge in [0.1, 0.15) is 0 Å². The third-order valence-electron chi connectivity index (χ3n) is 6.13. The van der Waals surface area contributed by atoms with Crippen molar-refractivity contribution in [3.05, 3.63) is 70.9 Å². The number of rotatable bonds is 5. The van der Waals surface area contributed by atoms with E-state index < -0.39 is 5.41 Å². The second-order valence-corrected chi connectivity index (χ2v) is 9.30. The second-order valence-electron chi connectivity index (χ2n) is 8.24. The minimum atomic E-state index is -0.681. The van der Waals surface area contributed by atoms with E-state index in [0.717, 1.165) is 33.1 Å². The van der Waals surface area contributed by atoms with Gasteiger partial charge in [-0.05, 0) is 43.0 Å². The number of pyridine rings is 1. The highest BCUT2D eigenvalue weighted by molar-refractivity contribution is 7.09. The summed E-state index contributed by atoms with van der Waals surface area (Å²) in [5, 5.41) is 6.05. The molecule has 0 aliphatic carbocycles. The fourth-order valence-corrected chi connectivity index (χ4v) is 4.79. The van der Waals surface area contributed by atoms with E-state index in [2.05, 4.69) is 25.3 Å². The molecule has 1 aliphatic heterocycles. The summed E-state index contributed by atoms with van der Waals surface area (Å²) < 4.78 is 5.59. The Hall–Kier alpha value is -3.69. The number of nitrogens with two attached hydrogens (primary N) is 1. The van der Waals surface area contributed by atoms with Crippen LogP contribution in [-0.2, 0) is 14.9 Å². The van der Waals surface area contributed by atoms with Crippen LogP contribution in [0.1, 0.15) is 23.4 Å². The molecule has 0 bridgehead atoms. The number of amides is 1. The molecule has 3 N–H and O–H groups in total. The van der Waals surface area contributed by atoms with Crippen LogP contribution in [0.25, 0.3) is 22.5 Å².